The standard InChI is InChI=1S/C16H28N2O/c1-10(14-9-11-6-7-12(14)8-11)18-16(19)13-4-2-3-5-15(13)17/h10-15H,2-9,17H2,1H3,(H,18,19). The number of amides is 1. The molecule has 3 nitrogen and oxygen atoms in total. The van der Waals surface area contributed by atoms with Gasteiger partial charge in [-0.2, -0.15) is 0 Å². The van der Waals surface area contributed by atoms with E-state index in [-0.39, 0.29) is 17.9 Å². The van der Waals surface area contributed by atoms with Crippen LogP contribution in [-0.4, -0.2) is 18.0 Å². The third kappa shape index (κ3) is 2.67. The third-order valence-electron chi connectivity index (χ3n) is 5.96. The Morgan fingerprint density at radius 3 is 2.58 bits per heavy atom. The summed E-state index contributed by atoms with van der Waals surface area (Å²) >= 11 is 0. The van der Waals surface area contributed by atoms with Crippen LogP contribution in [0.25, 0.3) is 0 Å². The second-order valence-corrected chi connectivity index (χ2v) is 7.19. The zero-order valence-corrected chi connectivity index (χ0v) is 12.1. The molecular formula is C16H28N2O. The third-order valence-corrected chi connectivity index (χ3v) is 5.96. The molecule has 0 radical (unpaired) electrons. The molecule has 3 saturated carbocycles. The summed E-state index contributed by atoms with van der Waals surface area (Å²) in [6.07, 6.45) is 9.91. The first-order valence-corrected chi connectivity index (χ1v) is 8.21. The Morgan fingerprint density at radius 1 is 1.16 bits per heavy atom. The fraction of sp³-hybridized carbons (Fsp3) is 0.938. The van der Waals surface area contributed by atoms with Crippen molar-refractivity contribution in [1.82, 2.24) is 5.32 Å². The lowest BCUT2D eigenvalue weighted by Gasteiger charge is -2.32. The number of carbonyl (C=O) groups excluding carboxylic acids is 1. The van der Waals surface area contributed by atoms with Crippen LogP contribution in [0.1, 0.15) is 58.3 Å². The van der Waals surface area contributed by atoms with E-state index < -0.39 is 0 Å². The minimum Gasteiger partial charge on any atom is -0.353 e. The van der Waals surface area contributed by atoms with Crippen LogP contribution in [0.15, 0.2) is 0 Å². The number of carbonyl (C=O) groups is 1. The predicted molar refractivity (Wildman–Crippen MR) is 76.5 cm³/mol. The second-order valence-electron chi connectivity index (χ2n) is 7.19. The molecule has 0 aromatic rings. The predicted octanol–water partition coefficient (Wildman–Crippen LogP) is 2.44. The van der Waals surface area contributed by atoms with Gasteiger partial charge in [0.2, 0.25) is 5.91 Å². The molecular weight excluding hydrogens is 236 g/mol. The van der Waals surface area contributed by atoms with Gasteiger partial charge in [-0.1, -0.05) is 19.3 Å². The van der Waals surface area contributed by atoms with Crippen LogP contribution in [-0.2, 0) is 4.79 Å². The van der Waals surface area contributed by atoms with Gasteiger partial charge in [-0.15, -0.1) is 0 Å². The first kappa shape index (κ1) is 13.4. The lowest BCUT2D eigenvalue weighted by Crippen LogP contribution is -2.48. The topological polar surface area (TPSA) is 55.1 Å². The lowest BCUT2D eigenvalue weighted by molar-refractivity contribution is -0.127. The average Bonchev–Trinajstić information content (AvgIpc) is 3.01. The minimum absolute atomic E-state index is 0.0646. The summed E-state index contributed by atoms with van der Waals surface area (Å²) in [4.78, 5) is 12.4. The number of hydrogen-bond donors (Lipinski definition) is 2. The molecule has 6 unspecified atom stereocenters. The first-order chi connectivity index (χ1) is 9.15. The van der Waals surface area contributed by atoms with Crippen molar-refractivity contribution in [2.45, 2.75) is 70.4 Å². The van der Waals surface area contributed by atoms with E-state index in [1.807, 2.05) is 0 Å². The molecule has 3 heteroatoms. The van der Waals surface area contributed by atoms with Crippen molar-refractivity contribution in [3.8, 4) is 0 Å². The SMILES string of the molecule is CC(NC(=O)C1CCCCC1N)C1CC2CCC1C2. The van der Waals surface area contributed by atoms with Crippen molar-refractivity contribution in [3.63, 3.8) is 0 Å². The molecule has 0 aromatic heterocycles. The van der Waals surface area contributed by atoms with Gasteiger partial charge >= 0.3 is 0 Å². The zero-order chi connectivity index (χ0) is 13.4. The van der Waals surface area contributed by atoms with Gasteiger partial charge in [0.1, 0.15) is 0 Å². The molecule has 3 rings (SSSR count). The summed E-state index contributed by atoms with van der Waals surface area (Å²) in [6, 6.07) is 0.429. The summed E-state index contributed by atoms with van der Waals surface area (Å²) in [5.74, 6) is 2.84. The number of nitrogens with two attached hydrogens (primary N) is 1. The number of fused-ring (bicyclic) bond motifs is 2. The molecule has 0 aliphatic heterocycles. The Kier molecular flexibility index (Phi) is 3.84. The van der Waals surface area contributed by atoms with Crippen LogP contribution in [0.2, 0.25) is 0 Å². The van der Waals surface area contributed by atoms with Crippen LogP contribution in [0.4, 0.5) is 0 Å². The van der Waals surface area contributed by atoms with E-state index in [4.69, 9.17) is 5.73 Å². The van der Waals surface area contributed by atoms with Gasteiger partial charge in [0, 0.05) is 12.1 Å². The van der Waals surface area contributed by atoms with Crippen LogP contribution >= 0.6 is 0 Å². The molecule has 0 spiro atoms. The van der Waals surface area contributed by atoms with E-state index >= 15 is 0 Å². The smallest absolute Gasteiger partial charge is 0.224 e. The van der Waals surface area contributed by atoms with Gasteiger partial charge in [-0.25, -0.2) is 0 Å². The maximum Gasteiger partial charge on any atom is 0.224 e. The highest BCUT2D eigenvalue weighted by Crippen LogP contribution is 2.49. The number of hydrogen-bond acceptors (Lipinski definition) is 2. The Morgan fingerprint density at radius 2 is 1.95 bits per heavy atom. The van der Waals surface area contributed by atoms with Crippen molar-refractivity contribution in [2.24, 2.45) is 29.4 Å². The highest BCUT2D eigenvalue weighted by molar-refractivity contribution is 5.79. The van der Waals surface area contributed by atoms with Gasteiger partial charge in [0.05, 0.1) is 5.92 Å². The van der Waals surface area contributed by atoms with Gasteiger partial charge in [0.15, 0.2) is 0 Å². The van der Waals surface area contributed by atoms with E-state index in [1.54, 1.807) is 0 Å². The van der Waals surface area contributed by atoms with E-state index in [0.717, 1.165) is 37.0 Å². The van der Waals surface area contributed by atoms with Gasteiger partial charge in [-0.05, 0) is 56.8 Å². The summed E-state index contributed by atoms with van der Waals surface area (Å²) in [7, 11) is 0. The molecule has 0 heterocycles. The van der Waals surface area contributed by atoms with Crippen molar-refractivity contribution in [3.05, 3.63) is 0 Å². The quantitative estimate of drug-likeness (QED) is 0.822. The molecule has 0 aromatic carbocycles. The average molecular weight is 264 g/mol. The number of nitrogens with one attached hydrogen (secondary N) is 1. The van der Waals surface area contributed by atoms with Crippen molar-refractivity contribution < 1.29 is 4.79 Å². The molecule has 19 heavy (non-hydrogen) atoms. The summed E-state index contributed by atoms with van der Waals surface area (Å²) in [5, 5.41) is 3.29. The molecule has 6 atom stereocenters. The second kappa shape index (κ2) is 5.43. The van der Waals surface area contributed by atoms with Crippen LogP contribution < -0.4 is 11.1 Å². The van der Waals surface area contributed by atoms with Crippen molar-refractivity contribution >= 4 is 5.91 Å². The molecule has 0 saturated heterocycles. The van der Waals surface area contributed by atoms with Gasteiger partial charge in [0.25, 0.3) is 0 Å². The lowest BCUT2D eigenvalue weighted by atomic mass is 9.82. The molecule has 2 bridgehead atoms. The normalized spacial score (nSPS) is 43.2. The Balaban J connectivity index is 1.54. The minimum atomic E-state index is 0.0646. The van der Waals surface area contributed by atoms with E-state index in [9.17, 15) is 4.79 Å². The zero-order valence-electron chi connectivity index (χ0n) is 12.1. The Bertz CT molecular complexity index is 344. The number of rotatable bonds is 3. The van der Waals surface area contributed by atoms with Crippen LogP contribution in [0, 0.1) is 23.7 Å². The Labute approximate surface area is 116 Å². The van der Waals surface area contributed by atoms with Crippen molar-refractivity contribution in [2.75, 3.05) is 0 Å². The van der Waals surface area contributed by atoms with E-state index in [2.05, 4.69) is 12.2 Å². The molecule has 3 fully saturated rings. The summed E-state index contributed by atoms with van der Waals surface area (Å²) in [5.41, 5.74) is 6.11. The fourth-order valence-electron chi connectivity index (χ4n) is 4.83. The molecule has 3 N–H and O–H groups in total. The monoisotopic (exact) mass is 264 g/mol. The highest BCUT2D eigenvalue weighted by Gasteiger charge is 2.42. The largest absolute Gasteiger partial charge is 0.353 e. The van der Waals surface area contributed by atoms with E-state index in [0.29, 0.717) is 6.04 Å². The molecule has 3 aliphatic carbocycles. The molecule has 108 valence electrons. The maximum absolute atomic E-state index is 12.4. The fourth-order valence-corrected chi connectivity index (χ4v) is 4.83. The van der Waals surface area contributed by atoms with Crippen LogP contribution in [0.5, 0.6) is 0 Å². The van der Waals surface area contributed by atoms with Crippen LogP contribution in [0.3, 0.4) is 0 Å². The summed E-state index contributed by atoms with van der Waals surface area (Å²) < 4.78 is 0. The van der Waals surface area contributed by atoms with E-state index in [1.165, 1.54) is 32.1 Å². The maximum atomic E-state index is 12.4. The highest BCUT2D eigenvalue weighted by atomic mass is 16.2. The Hall–Kier alpha value is -0.570. The van der Waals surface area contributed by atoms with Gasteiger partial charge < -0.3 is 11.1 Å². The molecule has 3 aliphatic rings. The molecule has 1 amide bonds. The first-order valence-electron chi connectivity index (χ1n) is 8.21. The summed E-state index contributed by atoms with van der Waals surface area (Å²) in [6.45, 7) is 2.21. The van der Waals surface area contributed by atoms with Crippen molar-refractivity contribution in [1.29, 1.82) is 0 Å². The van der Waals surface area contributed by atoms with Gasteiger partial charge in [-0.3, -0.25) is 4.79 Å².